The molecule has 3 aromatic heterocycles. The molecule has 0 aliphatic carbocycles. The number of carbonyl (C=O) groups is 2. The number of amides is 3. The lowest BCUT2D eigenvalue weighted by atomic mass is 10.2. The van der Waals surface area contributed by atoms with Crippen LogP contribution < -0.4 is 30.9 Å². The highest BCUT2D eigenvalue weighted by Crippen LogP contribution is 2.26. The number of benzene rings is 2. The largest absolute Gasteiger partial charge is 0.457 e. The molecule has 2 aromatic carbocycles. The lowest BCUT2D eigenvalue weighted by Crippen LogP contribution is -2.43. The zero-order chi connectivity index (χ0) is 31.9. The van der Waals surface area contributed by atoms with E-state index in [1.807, 2.05) is 24.3 Å². The van der Waals surface area contributed by atoms with Gasteiger partial charge in [-0.2, -0.15) is 5.10 Å². The summed E-state index contributed by atoms with van der Waals surface area (Å²) < 4.78 is 7.64. The number of piperazine rings is 1. The molecule has 46 heavy (non-hydrogen) atoms. The van der Waals surface area contributed by atoms with Gasteiger partial charge in [-0.3, -0.25) is 15.1 Å². The molecule has 6 rings (SSSR count). The summed E-state index contributed by atoms with van der Waals surface area (Å²) in [5, 5.41) is 17.6. The average molecular weight is 620 g/mol. The van der Waals surface area contributed by atoms with Gasteiger partial charge in [-0.1, -0.05) is 13.3 Å². The van der Waals surface area contributed by atoms with E-state index in [0.717, 1.165) is 73.5 Å². The number of carbonyl (C=O) groups excluding carboxylic acids is 2. The Morgan fingerprint density at radius 3 is 2.54 bits per heavy atom. The zero-order valence-corrected chi connectivity index (χ0v) is 25.9. The maximum atomic E-state index is 13.1. The number of aromatic nitrogens is 4. The molecule has 12 nitrogen and oxygen atoms in total. The quantitative estimate of drug-likeness (QED) is 0.164. The molecule has 4 heterocycles. The first-order valence-electron chi connectivity index (χ1n) is 15.5. The molecular weight excluding hydrogens is 582 g/mol. The summed E-state index contributed by atoms with van der Waals surface area (Å²) in [6.45, 7) is 5.92. The Morgan fingerprint density at radius 1 is 0.935 bits per heavy atom. The number of rotatable bonds is 10. The van der Waals surface area contributed by atoms with Gasteiger partial charge in [0.2, 0.25) is 0 Å². The van der Waals surface area contributed by atoms with Crippen LogP contribution in [0.3, 0.4) is 0 Å². The normalized spacial score (nSPS) is 13.0. The number of aryl methyl sites for hydroxylation is 1. The van der Waals surface area contributed by atoms with E-state index in [-0.39, 0.29) is 11.6 Å². The third-order valence-corrected chi connectivity index (χ3v) is 7.67. The van der Waals surface area contributed by atoms with Gasteiger partial charge in [-0.25, -0.2) is 14.5 Å². The standard InChI is InChI=1S/C34H37N9O3/c1-3-4-5-25-21-32(43(41-25)26-9-12-29-23(20-26)6-13-31(39-29)42-18-16-36-17-19-42)40-34(45)38-24-7-10-27(11-8-24)46-28-14-15-37-30(22-28)33(44)35-2/h6-15,20-22,36H,3-5,16-19H2,1-2H3,(H,35,44)(H2,38,40,45). The summed E-state index contributed by atoms with van der Waals surface area (Å²) in [7, 11) is 1.54. The Kier molecular flexibility index (Phi) is 9.35. The second-order valence-electron chi connectivity index (χ2n) is 11.0. The second kappa shape index (κ2) is 14.1. The molecule has 0 unspecified atom stereocenters. The van der Waals surface area contributed by atoms with Gasteiger partial charge in [0.25, 0.3) is 5.91 Å². The Morgan fingerprint density at radius 2 is 1.76 bits per heavy atom. The first kappa shape index (κ1) is 30.5. The number of hydrogen-bond donors (Lipinski definition) is 4. The summed E-state index contributed by atoms with van der Waals surface area (Å²) in [6.07, 6.45) is 4.37. The van der Waals surface area contributed by atoms with Gasteiger partial charge in [-0.05, 0) is 73.5 Å². The third kappa shape index (κ3) is 7.24. The molecule has 12 heteroatoms. The molecule has 5 aromatic rings. The SMILES string of the molecule is CCCCc1cc(NC(=O)Nc2ccc(Oc3ccnc(C(=O)NC)c3)cc2)n(-c2ccc3nc(N4CCNCC4)ccc3c2)n1. The highest BCUT2D eigenvalue weighted by Gasteiger charge is 2.16. The minimum atomic E-state index is -0.399. The second-order valence-corrected chi connectivity index (χ2v) is 11.0. The minimum absolute atomic E-state index is 0.257. The van der Waals surface area contributed by atoms with E-state index in [1.54, 1.807) is 48.1 Å². The molecule has 1 saturated heterocycles. The summed E-state index contributed by atoms with van der Waals surface area (Å²) in [5.74, 6) is 2.27. The number of pyridine rings is 2. The van der Waals surface area contributed by atoms with Crippen molar-refractivity contribution in [1.29, 1.82) is 0 Å². The van der Waals surface area contributed by atoms with Crippen LogP contribution in [-0.4, -0.2) is 64.9 Å². The van der Waals surface area contributed by atoms with Crippen molar-refractivity contribution in [3.05, 3.63) is 90.4 Å². The average Bonchev–Trinajstić information content (AvgIpc) is 3.49. The highest BCUT2D eigenvalue weighted by molar-refractivity contribution is 5.99. The summed E-state index contributed by atoms with van der Waals surface area (Å²) >= 11 is 0. The van der Waals surface area contributed by atoms with Gasteiger partial charge in [0.05, 0.1) is 16.9 Å². The summed E-state index contributed by atoms with van der Waals surface area (Å²) in [6, 6.07) is 21.9. The van der Waals surface area contributed by atoms with Crippen LogP contribution in [0.4, 0.5) is 22.1 Å². The van der Waals surface area contributed by atoms with E-state index >= 15 is 0 Å². The fourth-order valence-corrected chi connectivity index (χ4v) is 5.25. The Balaban J connectivity index is 1.16. The van der Waals surface area contributed by atoms with Gasteiger partial charge >= 0.3 is 6.03 Å². The van der Waals surface area contributed by atoms with E-state index in [9.17, 15) is 9.59 Å². The van der Waals surface area contributed by atoms with Crippen LogP contribution >= 0.6 is 0 Å². The van der Waals surface area contributed by atoms with Gasteiger partial charge in [0.1, 0.15) is 28.8 Å². The maximum absolute atomic E-state index is 13.1. The van der Waals surface area contributed by atoms with Gasteiger partial charge in [0, 0.05) is 62.6 Å². The molecule has 1 fully saturated rings. The number of nitrogens with one attached hydrogen (secondary N) is 4. The van der Waals surface area contributed by atoms with E-state index in [0.29, 0.717) is 23.0 Å². The number of anilines is 3. The van der Waals surface area contributed by atoms with Crippen LogP contribution in [0.25, 0.3) is 16.6 Å². The first-order chi connectivity index (χ1) is 22.5. The number of hydrogen-bond acceptors (Lipinski definition) is 8. The van der Waals surface area contributed by atoms with Crippen molar-refractivity contribution in [3.63, 3.8) is 0 Å². The molecule has 3 amide bonds. The van der Waals surface area contributed by atoms with Gasteiger partial charge in [-0.15, -0.1) is 0 Å². The van der Waals surface area contributed by atoms with E-state index in [2.05, 4.69) is 50.2 Å². The van der Waals surface area contributed by atoms with Crippen LogP contribution in [-0.2, 0) is 6.42 Å². The van der Waals surface area contributed by atoms with Crippen LogP contribution in [0.15, 0.2) is 79.0 Å². The molecule has 0 spiro atoms. The van der Waals surface area contributed by atoms with Crippen molar-refractivity contribution >= 4 is 40.2 Å². The number of fused-ring (bicyclic) bond motifs is 1. The predicted molar refractivity (Wildman–Crippen MR) is 179 cm³/mol. The first-order valence-corrected chi connectivity index (χ1v) is 15.5. The number of nitrogens with zero attached hydrogens (tertiary/aromatic N) is 5. The van der Waals surface area contributed by atoms with Gasteiger partial charge in [0.15, 0.2) is 0 Å². The maximum Gasteiger partial charge on any atom is 0.324 e. The molecule has 0 bridgehead atoms. The van der Waals surface area contributed by atoms with Crippen LogP contribution in [0.1, 0.15) is 35.9 Å². The number of urea groups is 1. The topological polar surface area (TPSA) is 138 Å². The van der Waals surface area contributed by atoms with E-state index in [1.165, 1.54) is 6.20 Å². The summed E-state index contributed by atoms with van der Waals surface area (Å²) in [5.41, 5.74) is 3.49. The fourth-order valence-electron chi connectivity index (χ4n) is 5.25. The lowest BCUT2D eigenvalue weighted by molar-refractivity contribution is 0.0957. The Hall–Kier alpha value is -5.49. The molecule has 236 valence electrons. The van der Waals surface area contributed by atoms with Crippen molar-refractivity contribution in [1.82, 2.24) is 30.4 Å². The minimum Gasteiger partial charge on any atom is -0.457 e. The smallest absolute Gasteiger partial charge is 0.324 e. The highest BCUT2D eigenvalue weighted by atomic mass is 16.5. The van der Waals surface area contributed by atoms with Crippen molar-refractivity contribution in [2.75, 3.05) is 48.8 Å². The van der Waals surface area contributed by atoms with Crippen molar-refractivity contribution in [2.24, 2.45) is 0 Å². The van der Waals surface area contributed by atoms with Gasteiger partial charge < -0.3 is 25.6 Å². The monoisotopic (exact) mass is 619 g/mol. The molecule has 0 atom stereocenters. The molecule has 0 saturated carbocycles. The van der Waals surface area contributed by atoms with E-state index in [4.69, 9.17) is 14.8 Å². The number of ether oxygens (including phenoxy) is 1. The molecule has 1 aliphatic rings. The van der Waals surface area contributed by atoms with E-state index < -0.39 is 6.03 Å². The molecule has 0 radical (unpaired) electrons. The predicted octanol–water partition coefficient (Wildman–Crippen LogP) is 5.36. The third-order valence-electron chi connectivity index (χ3n) is 7.67. The Bertz CT molecular complexity index is 1830. The Labute approximate surface area is 267 Å². The van der Waals surface area contributed by atoms with Crippen LogP contribution in [0.5, 0.6) is 11.5 Å². The fraction of sp³-hybridized carbons (Fsp3) is 0.265. The molecule has 4 N–H and O–H groups in total. The number of unbranched alkanes of at least 4 members (excludes halogenated alkanes) is 1. The van der Waals surface area contributed by atoms with Crippen LogP contribution in [0.2, 0.25) is 0 Å². The summed E-state index contributed by atoms with van der Waals surface area (Å²) in [4.78, 5) is 36.3. The molecular formula is C34H37N9O3. The van der Waals surface area contributed by atoms with Crippen molar-refractivity contribution in [3.8, 4) is 17.2 Å². The van der Waals surface area contributed by atoms with Crippen molar-refractivity contribution < 1.29 is 14.3 Å². The molecule has 1 aliphatic heterocycles. The lowest BCUT2D eigenvalue weighted by Gasteiger charge is -2.28. The van der Waals surface area contributed by atoms with Crippen molar-refractivity contribution in [2.45, 2.75) is 26.2 Å². The van der Waals surface area contributed by atoms with Crippen LogP contribution in [0, 0.1) is 0 Å². The zero-order valence-electron chi connectivity index (χ0n) is 25.9.